The Balaban J connectivity index is 2.36. The van der Waals surface area contributed by atoms with Gasteiger partial charge in [0.2, 0.25) is 0 Å². The van der Waals surface area contributed by atoms with E-state index in [-0.39, 0.29) is 5.82 Å². The topological polar surface area (TPSA) is 38.0 Å². The molecule has 17 heavy (non-hydrogen) atoms. The fraction of sp³-hybridized carbons (Fsp3) is 0.308. The molecule has 1 N–H and O–H groups in total. The third-order valence-electron chi connectivity index (χ3n) is 2.86. The molecule has 0 aliphatic carbocycles. The lowest BCUT2D eigenvalue weighted by Crippen LogP contribution is -2.07. The fourth-order valence-corrected chi connectivity index (χ4v) is 1.83. The van der Waals surface area contributed by atoms with E-state index in [9.17, 15) is 9.50 Å². The van der Waals surface area contributed by atoms with Gasteiger partial charge in [-0.15, -0.1) is 0 Å². The maximum Gasteiger partial charge on any atom is 0.126 e. The summed E-state index contributed by atoms with van der Waals surface area (Å²) in [6, 6.07) is 4.63. The van der Waals surface area contributed by atoms with E-state index in [1.54, 1.807) is 31.6 Å². The van der Waals surface area contributed by atoms with Crippen molar-refractivity contribution in [2.45, 2.75) is 26.5 Å². The van der Waals surface area contributed by atoms with E-state index in [1.807, 2.05) is 11.5 Å². The van der Waals surface area contributed by atoms with E-state index in [0.717, 1.165) is 12.2 Å². The number of aliphatic hydroxyl groups excluding tert-OH is 1. The van der Waals surface area contributed by atoms with Crippen LogP contribution in [0.5, 0.6) is 0 Å². The molecule has 0 saturated carbocycles. The summed E-state index contributed by atoms with van der Waals surface area (Å²) in [5, 5.41) is 10.2. The van der Waals surface area contributed by atoms with Crippen LogP contribution in [-0.2, 0) is 6.54 Å². The third-order valence-corrected chi connectivity index (χ3v) is 2.86. The highest BCUT2D eigenvalue weighted by Crippen LogP contribution is 2.23. The van der Waals surface area contributed by atoms with Crippen molar-refractivity contribution < 1.29 is 9.50 Å². The lowest BCUT2D eigenvalue weighted by Gasteiger charge is -2.13. The van der Waals surface area contributed by atoms with Crippen molar-refractivity contribution in [1.29, 1.82) is 0 Å². The van der Waals surface area contributed by atoms with E-state index in [4.69, 9.17) is 0 Å². The number of hydrogen-bond donors (Lipinski definition) is 1. The van der Waals surface area contributed by atoms with Gasteiger partial charge < -0.3 is 9.67 Å². The zero-order valence-electron chi connectivity index (χ0n) is 9.89. The highest BCUT2D eigenvalue weighted by atomic mass is 19.1. The van der Waals surface area contributed by atoms with Crippen molar-refractivity contribution in [1.82, 2.24) is 9.55 Å². The molecule has 1 aromatic carbocycles. The Hall–Kier alpha value is -1.68. The average molecular weight is 234 g/mol. The number of aromatic nitrogens is 2. The van der Waals surface area contributed by atoms with Crippen LogP contribution in [0.15, 0.2) is 30.7 Å². The minimum absolute atomic E-state index is 0.259. The monoisotopic (exact) mass is 234 g/mol. The molecule has 2 aromatic rings. The largest absolute Gasteiger partial charge is 0.382 e. The Morgan fingerprint density at radius 3 is 2.88 bits per heavy atom. The number of imidazole rings is 1. The highest BCUT2D eigenvalue weighted by molar-refractivity contribution is 5.30. The zero-order valence-corrected chi connectivity index (χ0v) is 9.89. The Morgan fingerprint density at radius 1 is 1.47 bits per heavy atom. The Bertz CT molecular complexity index is 522. The number of aryl methyl sites for hydroxylation is 2. The molecule has 2 rings (SSSR count). The van der Waals surface area contributed by atoms with E-state index >= 15 is 0 Å². The van der Waals surface area contributed by atoms with Crippen LogP contribution in [0.4, 0.5) is 4.39 Å². The first-order valence-corrected chi connectivity index (χ1v) is 5.57. The van der Waals surface area contributed by atoms with Crippen molar-refractivity contribution in [2.75, 3.05) is 0 Å². The number of rotatable bonds is 3. The van der Waals surface area contributed by atoms with Gasteiger partial charge >= 0.3 is 0 Å². The summed E-state index contributed by atoms with van der Waals surface area (Å²) in [7, 11) is 0. The summed E-state index contributed by atoms with van der Waals surface area (Å²) in [5.74, 6) is -0.259. The summed E-state index contributed by atoms with van der Waals surface area (Å²) in [6.45, 7) is 4.41. The molecule has 0 saturated heterocycles. The molecule has 3 nitrogen and oxygen atoms in total. The minimum Gasteiger partial charge on any atom is -0.382 e. The summed E-state index contributed by atoms with van der Waals surface area (Å²) < 4.78 is 15.0. The zero-order chi connectivity index (χ0) is 12.4. The first kappa shape index (κ1) is 11.8. The van der Waals surface area contributed by atoms with Crippen LogP contribution in [0, 0.1) is 12.7 Å². The Kier molecular flexibility index (Phi) is 3.24. The van der Waals surface area contributed by atoms with Crippen molar-refractivity contribution in [2.24, 2.45) is 0 Å². The summed E-state index contributed by atoms with van der Waals surface area (Å²) in [4.78, 5) is 4.01. The molecular weight excluding hydrogens is 219 g/mol. The second-order valence-electron chi connectivity index (χ2n) is 4.02. The third kappa shape index (κ3) is 2.22. The first-order valence-electron chi connectivity index (χ1n) is 5.57. The summed E-state index contributed by atoms with van der Waals surface area (Å²) >= 11 is 0. The highest BCUT2D eigenvalue weighted by Gasteiger charge is 2.15. The smallest absolute Gasteiger partial charge is 0.126 e. The quantitative estimate of drug-likeness (QED) is 0.885. The maximum atomic E-state index is 13.2. The van der Waals surface area contributed by atoms with Crippen LogP contribution in [0.1, 0.15) is 29.8 Å². The second kappa shape index (κ2) is 4.67. The molecule has 90 valence electrons. The fourth-order valence-electron chi connectivity index (χ4n) is 1.83. The van der Waals surface area contributed by atoms with Crippen LogP contribution < -0.4 is 0 Å². The van der Waals surface area contributed by atoms with Crippen molar-refractivity contribution in [3.05, 3.63) is 53.4 Å². The van der Waals surface area contributed by atoms with Crippen molar-refractivity contribution in [3.63, 3.8) is 0 Å². The van der Waals surface area contributed by atoms with E-state index in [0.29, 0.717) is 11.1 Å². The Labute approximate surface area is 99.5 Å². The molecule has 1 atom stereocenters. The number of hydrogen-bond acceptors (Lipinski definition) is 2. The van der Waals surface area contributed by atoms with E-state index < -0.39 is 6.10 Å². The van der Waals surface area contributed by atoms with Crippen molar-refractivity contribution >= 4 is 0 Å². The predicted octanol–water partition coefficient (Wildman–Crippen LogP) is 2.43. The van der Waals surface area contributed by atoms with Gasteiger partial charge in [0.05, 0.1) is 18.2 Å². The number of aliphatic hydroxyl groups is 1. The van der Waals surface area contributed by atoms with E-state index in [1.165, 1.54) is 6.07 Å². The lowest BCUT2D eigenvalue weighted by molar-refractivity contribution is 0.210. The molecule has 0 spiro atoms. The van der Waals surface area contributed by atoms with Crippen LogP contribution in [0.2, 0.25) is 0 Å². The molecule has 1 aromatic heterocycles. The molecule has 0 aliphatic heterocycles. The number of halogens is 1. The predicted molar refractivity (Wildman–Crippen MR) is 63.1 cm³/mol. The summed E-state index contributed by atoms with van der Waals surface area (Å²) in [5.41, 5.74) is 1.93. The maximum absolute atomic E-state index is 13.2. The van der Waals surface area contributed by atoms with Gasteiger partial charge in [-0.1, -0.05) is 12.1 Å². The van der Waals surface area contributed by atoms with Gasteiger partial charge in [0.1, 0.15) is 11.9 Å². The van der Waals surface area contributed by atoms with Crippen LogP contribution in [0.3, 0.4) is 0 Å². The van der Waals surface area contributed by atoms with Gasteiger partial charge in [-0.25, -0.2) is 9.37 Å². The average Bonchev–Trinajstić information content (AvgIpc) is 2.80. The van der Waals surface area contributed by atoms with Crippen molar-refractivity contribution in [3.8, 4) is 0 Å². The lowest BCUT2D eigenvalue weighted by atomic mass is 10.0. The normalized spacial score (nSPS) is 12.7. The molecule has 1 unspecified atom stereocenters. The molecule has 0 amide bonds. The summed E-state index contributed by atoms with van der Waals surface area (Å²) in [6.07, 6.45) is 2.54. The minimum atomic E-state index is -0.767. The number of nitrogens with zero attached hydrogens (tertiary/aromatic N) is 2. The Morgan fingerprint density at radius 2 is 2.24 bits per heavy atom. The molecule has 0 bridgehead atoms. The SMILES string of the molecule is CCn1cncc1C(O)c1ccc(F)c(C)c1. The van der Waals surface area contributed by atoms with Gasteiger partial charge in [0.15, 0.2) is 0 Å². The van der Waals surface area contributed by atoms with Gasteiger partial charge in [-0.3, -0.25) is 0 Å². The first-order chi connectivity index (χ1) is 8.13. The second-order valence-corrected chi connectivity index (χ2v) is 4.02. The molecular formula is C13H15FN2O. The van der Waals surface area contributed by atoms with E-state index in [2.05, 4.69) is 4.98 Å². The van der Waals surface area contributed by atoms with Crippen LogP contribution >= 0.6 is 0 Å². The van der Waals surface area contributed by atoms with Crippen LogP contribution in [0.25, 0.3) is 0 Å². The standard InChI is InChI=1S/C13H15FN2O/c1-3-16-8-15-7-12(16)13(17)10-4-5-11(14)9(2)6-10/h4-8,13,17H,3H2,1-2H3. The van der Waals surface area contributed by atoms with Gasteiger partial charge in [0, 0.05) is 6.54 Å². The van der Waals surface area contributed by atoms with Gasteiger partial charge in [0.25, 0.3) is 0 Å². The molecule has 0 aliphatic rings. The van der Waals surface area contributed by atoms with Gasteiger partial charge in [-0.2, -0.15) is 0 Å². The molecule has 0 fully saturated rings. The number of benzene rings is 1. The molecule has 1 heterocycles. The van der Waals surface area contributed by atoms with Gasteiger partial charge in [-0.05, 0) is 31.0 Å². The van der Waals surface area contributed by atoms with Crippen LogP contribution in [-0.4, -0.2) is 14.7 Å². The molecule has 0 radical (unpaired) electrons. The molecule has 4 heteroatoms.